The van der Waals surface area contributed by atoms with Crippen molar-refractivity contribution in [2.24, 2.45) is 5.92 Å². The Balaban J connectivity index is 1.53. The first kappa shape index (κ1) is 28.9. The Morgan fingerprint density at radius 1 is 1.10 bits per heavy atom. The molecular weight excluding hydrogens is 498 g/mol. The number of amides is 1. The number of aliphatic carboxylic acids is 1. The smallest absolute Gasteiger partial charge is 0.308 e. The van der Waals surface area contributed by atoms with Crippen LogP contribution in [0.1, 0.15) is 50.5 Å². The molecular formula is C29H43N5O5. The van der Waals surface area contributed by atoms with Crippen LogP contribution in [0.5, 0.6) is 11.5 Å². The minimum Gasteiger partial charge on any atom is -0.481 e. The molecule has 0 aliphatic carbocycles. The van der Waals surface area contributed by atoms with E-state index in [4.69, 9.17) is 9.47 Å². The van der Waals surface area contributed by atoms with E-state index >= 15 is 0 Å². The largest absolute Gasteiger partial charge is 0.481 e. The fourth-order valence-electron chi connectivity index (χ4n) is 5.75. The molecule has 0 bridgehead atoms. The lowest BCUT2D eigenvalue weighted by Gasteiger charge is -2.30. The van der Waals surface area contributed by atoms with Crippen molar-refractivity contribution in [1.29, 1.82) is 0 Å². The van der Waals surface area contributed by atoms with E-state index < -0.39 is 11.9 Å². The Hall–Kier alpha value is -3.11. The van der Waals surface area contributed by atoms with Crippen molar-refractivity contribution >= 4 is 11.9 Å². The molecule has 3 atom stereocenters. The number of carbonyl (C=O) groups excluding carboxylic acids is 1. The number of likely N-dealkylation sites (tertiary alicyclic amines) is 1. The van der Waals surface area contributed by atoms with Crippen LogP contribution in [0, 0.1) is 5.92 Å². The van der Waals surface area contributed by atoms with Crippen molar-refractivity contribution in [2.75, 3.05) is 53.6 Å². The number of carboxylic acids is 1. The summed E-state index contributed by atoms with van der Waals surface area (Å²) >= 11 is 0. The van der Waals surface area contributed by atoms with Gasteiger partial charge in [0.15, 0.2) is 11.5 Å². The number of hydrogen-bond acceptors (Lipinski definition) is 7. The van der Waals surface area contributed by atoms with Crippen molar-refractivity contribution in [3.05, 3.63) is 42.2 Å². The van der Waals surface area contributed by atoms with E-state index in [2.05, 4.69) is 35.9 Å². The second kappa shape index (κ2) is 13.8. The maximum atomic E-state index is 13.7. The SMILES string of the molecule is CCCCN(CCCCN(C)C)C(=O)CN1CC(c2ccc3c(c2)OCO3)[C@H](C(=O)O)[C@H]1CCn1cccn1. The number of carboxylic acid groups (broad SMARTS) is 1. The van der Waals surface area contributed by atoms with Crippen molar-refractivity contribution in [2.45, 2.75) is 57.5 Å². The van der Waals surface area contributed by atoms with Gasteiger partial charge in [0.1, 0.15) is 0 Å². The third-order valence-electron chi connectivity index (χ3n) is 7.83. The summed E-state index contributed by atoms with van der Waals surface area (Å²) in [5, 5.41) is 14.7. The Morgan fingerprint density at radius 3 is 2.59 bits per heavy atom. The molecule has 1 amide bonds. The van der Waals surface area contributed by atoms with Crippen LogP contribution in [-0.2, 0) is 16.1 Å². The van der Waals surface area contributed by atoms with E-state index in [1.54, 1.807) is 6.20 Å². The fourth-order valence-corrected chi connectivity index (χ4v) is 5.75. The quantitative estimate of drug-likeness (QED) is 0.343. The zero-order chi connectivity index (χ0) is 27.8. The van der Waals surface area contributed by atoms with Crippen LogP contribution in [0.15, 0.2) is 36.7 Å². The van der Waals surface area contributed by atoms with Crippen molar-refractivity contribution in [3.63, 3.8) is 0 Å². The van der Waals surface area contributed by atoms with Crippen molar-refractivity contribution in [3.8, 4) is 11.5 Å². The Bertz CT molecular complexity index is 1080. The Kier molecular flexibility index (Phi) is 10.2. The monoisotopic (exact) mass is 541 g/mol. The minimum atomic E-state index is -0.843. The highest BCUT2D eigenvalue weighted by atomic mass is 16.7. The van der Waals surface area contributed by atoms with Crippen LogP contribution in [0.25, 0.3) is 0 Å². The van der Waals surface area contributed by atoms with Gasteiger partial charge >= 0.3 is 5.97 Å². The minimum absolute atomic E-state index is 0.0767. The lowest BCUT2D eigenvalue weighted by atomic mass is 9.84. The molecule has 1 fully saturated rings. The van der Waals surface area contributed by atoms with Gasteiger partial charge in [0, 0.05) is 50.5 Å². The Morgan fingerprint density at radius 2 is 1.87 bits per heavy atom. The fraction of sp³-hybridized carbons (Fsp3) is 0.621. The van der Waals surface area contributed by atoms with E-state index in [9.17, 15) is 14.7 Å². The van der Waals surface area contributed by atoms with Crippen molar-refractivity contribution in [1.82, 2.24) is 24.5 Å². The van der Waals surface area contributed by atoms with Gasteiger partial charge in [0.05, 0.1) is 12.5 Å². The number of hydrogen-bond donors (Lipinski definition) is 1. The summed E-state index contributed by atoms with van der Waals surface area (Å²) in [5.41, 5.74) is 0.900. The topological polar surface area (TPSA) is 100 Å². The highest BCUT2D eigenvalue weighted by Crippen LogP contribution is 2.42. The lowest BCUT2D eigenvalue weighted by Crippen LogP contribution is -2.45. The number of carbonyl (C=O) groups is 2. The van der Waals surface area contributed by atoms with Gasteiger partial charge in [0.25, 0.3) is 0 Å². The third-order valence-corrected chi connectivity index (χ3v) is 7.83. The number of fused-ring (bicyclic) bond motifs is 1. The molecule has 3 heterocycles. The van der Waals surface area contributed by atoms with E-state index in [0.29, 0.717) is 31.0 Å². The number of nitrogens with zero attached hydrogens (tertiary/aromatic N) is 5. The number of ether oxygens (including phenoxy) is 2. The number of unbranched alkanes of at least 4 members (excludes halogenated alkanes) is 2. The molecule has 1 saturated heterocycles. The normalized spacial score (nSPS) is 20.6. The molecule has 2 aliphatic rings. The molecule has 2 aliphatic heterocycles. The number of aromatic nitrogens is 2. The zero-order valence-electron chi connectivity index (χ0n) is 23.5. The molecule has 1 N–H and O–H groups in total. The standard InChI is InChI=1S/C29H43N5O5/c1-4-5-14-32(15-7-6-13-31(2)3)27(35)20-33-19-23(22-9-10-25-26(18-22)39-21-38-25)28(29(36)37)24(33)11-17-34-16-8-12-30-34/h8-10,12,16,18,23-24,28H,4-7,11,13-15,17,19-21H2,1-3H3,(H,36,37)/t23?,24-,28+/m1/s1. The first-order valence-electron chi connectivity index (χ1n) is 14.1. The second-order valence-corrected chi connectivity index (χ2v) is 10.9. The molecule has 1 unspecified atom stereocenters. The number of aryl methyl sites for hydroxylation is 1. The summed E-state index contributed by atoms with van der Waals surface area (Å²) in [6, 6.07) is 7.25. The van der Waals surface area contributed by atoms with E-state index in [1.165, 1.54) is 0 Å². The number of rotatable bonds is 15. The molecule has 0 spiro atoms. The van der Waals surface area contributed by atoms with Gasteiger partial charge < -0.3 is 24.4 Å². The summed E-state index contributed by atoms with van der Waals surface area (Å²) in [6.45, 7) is 6.05. The van der Waals surface area contributed by atoms with Gasteiger partial charge in [-0.3, -0.25) is 19.2 Å². The van der Waals surface area contributed by atoms with E-state index in [1.807, 2.05) is 40.0 Å². The van der Waals surface area contributed by atoms with Gasteiger partial charge in [-0.1, -0.05) is 19.4 Å². The molecule has 39 heavy (non-hydrogen) atoms. The van der Waals surface area contributed by atoms with Crippen LogP contribution in [-0.4, -0.2) is 101 Å². The van der Waals surface area contributed by atoms with Gasteiger partial charge in [-0.15, -0.1) is 0 Å². The molecule has 4 rings (SSSR count). The third kappa shape index (κ3) is 7.51. The summed E-state index contributed by atoms with van der Waals surface area (Å²) < 4.78 is 12.9. The van der Waals surface area contributed by atoms with Gasteiger partial charge in [0.2, 0.25) is 12.7 Å². The van der Waals surface area contributed by atoms with Crippen LogP contribution < -0.4 is 9.47 Å². The van der Waals surface area contributed by atoms with Gasteiger partial charge in [-0.2, -0.15) is 5.10 Å². The second-order valence-electron chi connectivity index (χ2n) is 10.9. The number of benzene rings is 1. The molecule has 10 heteroatoms. The Labute approximate surface area is 231 Å². The van der Waals surface area contributed by atoms with Crippen LogP contribution >= 0.6 is 0 Å². The summed E-state index contributed by atoms with van der Waals surface area (Å²) in [5.74, 6) is -0.374. The summed E-state index contributed by atoms with van der Waals surface area (Å²) in [6.07, 6.45) is 8.16. The maximum Gasteiger partial charge on any atom is 0.308 e. The maximum absolute atomic E-state index is 13.7. The highest BCUT2D eigenvalue weighted by Gasteiger charge is 2.47. The van der Waals surface area contributed by atoms with E-state index in [0.717, 1.165) is 50.9 Å². The van der Waals surface area contributed by atoms with Crippen LogP contribution in [0.3, 0.4) is 0 Å². The molecule has 214 valence electrons. The average molecular weight is 542 g/mol. The predicted molar refractivity (Wildman–Crippen MR) is 148 cm³/mol. The van der Waals surface area contributed by atoms with Gasteiger partial charge in [-0.05, 0) is 70.1 Å². The molecule has 10 nitrogen and oxygen atoms in total. The van der Waals surface area contributed by atoms with Crippen LogP contribution in [0.4, 0.5) is 0 Å². The first-order chi connectivity index (χ1) is 18.9. The lowest BCUT2D eigenvalue weighted by molar-refractivity contribution is -0.144. The predicted octanol–water partition coefficient (Wildman–Crippen LogP) is 3.14. The summed E-state index contributed by atoms with van der Waals surface area (Å²) in [7, 11) is 4.12. The van der Waals surface area contributed by atoms with Crippen LogP contribution in [0.2, 0.25) is 0 Å². The van der Waals surface area contributed by atoms with E-state index in [-0.39, 0.29) is 31.2 Å². The first-order valence-corrected chi connectivity index (χ1v) is 14.1. The van der Waals surface area contributed by atoms with Crippen molar-refractivity contribution < 1.29 is 24.2 Å². The molecule has 2 aromatic rings. The van der Waals surface area contributed by atoms with Gasteiger partial charge in [-0.25, -0.2) is 0 Å². The molecule has 0 saturated carbocycles. The molecule has 1 aromatic heterocycles. The molecule has 1 aromatic carbocycles. The summed E-state index contributed by atoms with van der Waals surface area (Å²) in [4.78, 5) is 32.6. The molecule has 0 radical (unpaired) electrons. The average Bonchev–Trinajstić information content (AvgIpc) is 3.66. The zero-order valence-corrected chi connectivity index (χ0v) is 23.5. The highest BCUT2D eigenvalue weighted by molar-refractivity contribution is 5.79.